The lowest BCUT2D eigenvalue weighted by Crippen LogP contribution is -2.49. The number of amidine groups is 1. The van der Waals surface area contributed by atoms with Crippen molar-refractivity contribution in [1.82, 2.24) is 10.3 Å². The highest BCUT2D eigenvalue weighted by Gasteiger charge is 2.40. The first-order valence-electron chi connectivity index (χ1n) is 6.20. The summed E-state index contributed by atoms with van der Waals surface area (Å²) in [5.41, 5.74) is 4.72. The molecule has 1 aromatic heterocycles. The lowest BCUT2D eigenvalue weighted by atomic mass is 9.80. The highest BCUT2D eigenvalue weighted by atomic mass is 32.1. The molecule has 1 amide bonds. The van der Waals surface area contributed by atoms with Crippen molar-refractivity contribution in [2.45, 2.75) is 39.7 Å². The van der Waals surface area contributed by atoms with E-state index in [-0.39, 0.29) is 17.8 Å². The first-order chi connectivity index (χ1) is 9.01. The Labute approximate surface area is 116 Å². The van der Waals surface area contributed by atoms with Crippen LogP contribution in [0, 0.1) is 5.41 Å². The van der Waals surface area contributed by atoms with Crippen LogP contribution in [-0.2, 0) is 4.79 Å². The molecule has 0 fully saturated rings. The molecular formula is C12H20N4O2S. The van der Waals surface area contributed by atoms with E-state index in [2.05, 4.69) is 15.5 Å². The van der Waals surface area contributed by atoms with E-state index in [1.807, 2.05) is 26.2 Å². The number of thiazole rings is 1. The Hall–Kier alpha value is -1.63. The second-order valence-corrected chi connectivity index (χ2v) is 5.27. The largest absolute Gasteiger partial charge is 0.409 e. The Morgan fingerprint density at radius 3 is 2.68 bits per heavy atom. The van der Waals surface area contributed by atoms with Gasteiger partial charge in [-0.1, -0.05) is 19.0 Å². The van der Waals surface area contributed by atoms with Crippen molar-refractivity contribution in [2.75, 3.05) is 0 Å². The number of nitrogens with one attached hydrogen (secondary N) is 1. The van der Waals surface area contributed by atoms with Gasteiger partial charge in [-0.25, -0.2) is 4.98 Å². The zero-order chi connectivity index (χ0) is 14.5. The maximum Gasteiger partial charge on any atom is 0.234 e. The Kier molecular flexibility index (Phi) is 5.29. The molecule has 1 rings (SSSR count). The molecule has 0 aromatic carbocycles. The summed E-state index contributed by atoms with van der Waals surface area (Å²) in [5, 5.41) is 17.4. The summed E-state index contributed by atoms with van der Waals surface area (Å²) < 4.78 is 0. The number of aromatic nitrogens is 1. The molecule has 0 aliphatic carbocycles. The zero-order valence-electron chi connectivity index (χ0n) is 11.4. The molecule has 106 valence electrons. The number of rotatable bonds is 6. The molecule has 0 saturated heterocycles. The fraction of sp³-hybridized carbons (Fsp3) is 0.583. The Morgan fingerprint density at radius 2 is 2.26 bits per heavy atom. The molecule has 1 aromatic rings. The van der Waals surface area contributed by atoms with E-state index in [1.165, 1.54) is 11.3 Å². The van der Waals surface area contributed by atoms with Gasteiger partial charge in [0.25, 0.3) is 0 Å². The fourth-order valence-electron chi connectivity index (χ4n) is 1.99. The van der Waals surface area contributed by atoms with E-state index in [0.717, 1.165) is 5.01 Å². The number of nitrogens with two attached hydrogens (primary N) is 1. The van der Waals surface area contributed by atoms with Crippen LogP contribution in [0.2, 0.25) is 0 Å². The number of oxime groups is 1. The molecule has 4 N–H and O–H groups in total. The summed E-state index contributed by atoms with van der Waals surface area (Å²) in [4.78, 5) is 16.6. The molecular weight excluding hydrogens is 264 g/mol. The third-order valence-electron chi connectivity index (χ3n) is 3.41. The van der Waals surface area contributed by atoms with E-state index >= 15 is 0 Å². The van der Waals surface area contributed by atoms with Crippen molar-refractivity contribution >= 4 is 23.1 Å². The third kappa shape index (κ3) is 3.04. The maximum absolute atomic E-state index is 12.4. The smallest absolute Gasteiger partial charge is 0.234 e. The van der Waals surface area contributed by atoms with Gasteiger partial charge in [0, 0.05) is 11.6 Å². The van der Waals surface area contributed by atoms with Crippen LogP contribution in [-0.4, -0.2) is 21.9 Å². The molecule has 19 heavy (non-hydrogen) atoms. The van der Waals surface area contributed by atoms with Gasteiger partial charge in [0.15, 0.2) is 5.84 Å². The third-order valence-corrected chi connectivity index (χ3v) is 4.37. The van der Waals surface area contributed by atoms with E-state index in [0.29, 0.717) is 12.8 Å². The Bertz CT molecular complexity index is 441. The van der Waals surface area contributed by atoms with Crippen molar-refractivity contribution < 1.29 is 10.0 Å². The topological polar surface area (TPSA) is 101 Å². The fourth-order valence-corrected chi connectivity index (χ4v) is 2.64. The minimum atomic E-state index is -0.972. The molecule has 0 saturated carbocycles. The normalized spacial score (nSPS) is 14.2. The Morgan fingerprint density at radius 1 is 1.63 bits per heavy atom. The number of nitrogens with zero attached hydrogens (tertiary/aromatic N) is 2. The number of carbonyl (C=O) groups excluding carboxylic acids is 1. The van der Waals surface area contributed by atoms with Crippen LogP contribution in [0.15, 0.2) is 16.7 Å². The van der Waals surface area contributed by atoms with Gasteiger partial charge in [-0.15, -0.1) is 11.3 Å². The van der Waals surface area contributed by atoms with E-state index in [4.69, 9.17) is 10.9 Å². The second-order valence-electron chi connectivity index (χ2n) is 4.34. The van der Waals surface area contributed by atoms with Gasteiger partial charge in [-0.2, -0.15) is 0 Å². The van der Waals surface area contributed by atoms with Crippen LogP contribution in [0.1, 0.15) is 44.7 Å². The predicted molar refractivity (Wildman–Crippen MR) is 75.1 cm³/mol. The van der Waals surface area contributed by atoms with Gasteiger partial charge in [-0.05, 0) is 19.8 Å². The minimum absolute atomic E-state index is 0.0543. The maximum atomic E-state index is 12.4. The van der Waals surface area contributed by atoms with Gasteiger partial charge in [0.1, 0.15) is 10.4 Å². The standard InChI is InChI=1S/C12H20N4O2S/c1-4-12(5-2,10(13)16-18)11(17)15-8(3)9-14-6-7-19-9/h6-8,18H,4-5H2,1-3H3,(H2,13,16)(H,15,17). The number of hydrogen-bond acceptors (Lipinski definition) is 5. The SMILES string of the molecule is CCC(CC)(C(=O)NC(C)c1nccs1)C(N)=NO. The molecule has 1 unspecified atom stereocenters. The number of amides is 1. The van der Waals surface area contributed by atoms with Crippen LogP contribution in [0.25, 0.3) is 0 Å². The highest BCUT2D eigenvalue weighted by Crippen LogP contribution is 2.28. The average molecular weight is 284 g/mol. The van der Waals surface area contributed by atoms with Crippen molar-refractivity contribution in [3.8, 4) is 0 Å². The minimum Gasteiger partial charge on any atom is -0.409 e. The van der Waals surface area contributed by atoms with Crippen molar-refractivity contribution in [2.24, 2.45) is 16.3 Å². The summed E-state index contributed by atoms with van der Waals surface area (Å²) >= 11 is 1.48. The van der Waals surface area contributed by atoms with Crippen LogP contribution in [0.5, 0.6) is 0 Å². The van der Waals surface area contributed by atoms with Crippen molar-refractivity contribution in [1.29, 1.82) is 0 Å². The number of carbonyl (C=O) groups is 1. The summed E-state index contributed by atoms with van der Waals surface area (Å²) in [6.45, 7) is 5.55. The van der Waals surface area contributed by atoms with E-state index in [1.54, 1.807) is 6.20 Å². The van der Waals surface area contributed by atoms with Gasteiger partial charge >= 0.3 is 0 Å². The highest BCUT2D eigenvalue weighted by molar-refractivity contribution is 7.09. The van der Waals surface area contributed by atoms with E-state index < -0.39 is 5.41 Å². The van der Waals surface area contributed by atoms with Gasteiger partial charge in [-0.3, -0.25) is 4.79 Å². The zero-order valence-corrected chi connectivity index (χ0v) is 12.2. The van der Waals surface area contributed by atoms with Crippen LogP contribution in [0.3, 0.4) is 0 Å². The van der Waals surface area contributed by atoms with Crippen LogP contribution in [0.4, 0.5) is 0 Å². The molecule has 6 nitrogen and oxygen atoms in total. The predicted octanol–water partition coefficient (Wildman–Crippen LogP) is 1.87. The molecule has 7 heteroatoms. The molecule has 1 atom stereocenters. The molecule has 0 bridgehead atoms. The van der Waals surface area contributed by atoms with Gasteiger partial charge in [0.05, 0.1) is 6.04 Å². The molecule has 0 spiro atoms. The summed E-state index contributed by atoms with van der Waals surface area (Å²) in [7, 11) is 0. The summed E-state index contributed by atoms with van der Waals surface area (Å²) in [6, 6.07) is -0.198. The summed E-state index contributed by atoms with van der Waals surface area (Å²) in [6.07, 6.45) is 2.63. The van der Waals surface area contributed by atoms with Gasteiger partial charge in [0.2, 0.25) is 5.91 Å². The lowest BCUT2D eigenvalue weighted by molar-refractivity contribution is -0.128. The average Bonchev–Trinajstić information content (AvgIpc) is 2.94. The first kappa shape index (κ1) is 15.4. The first-order valence-corrected chi connectivity index (χ1v) is 7.08. The number of hydrogen-bond donors (Lipinski definition) is 3. The molecule has 1 heterocycles. The van der Waals surface area contributed by atoms with Crippen molar-refractivity contribution in [3.05, 3.63) is 16.6 Å². The monoisotopic (exact) mass is 284 g/mol. The molecule has 0 aliphatic heterocycles. The van der Waals surface area contributed by atoms with E-state index in [9.17, 15) is 4.79 Å². The van der Waals surface area contributed by atoms with Gasteiger partial charge < -0.3 is 16.3 Å². The van der Waals surface area contributed by atoms with Crippen molar-refractivity contribution in [3.63, 3.8) is 0 Å². The molecule has 0 radical (unpaired) electrons. The van der Waals surface area contributed by atoms with Crippen LogP contribution >= 0.6 is 11.3 Å². The summed E-state index contributed by atoms with van der Waals surface area (Å²) in [5.74, 6) is -0.295. The lowest BCUT2D eigenvalue weighted by Gasteiger charge is -2.29. The van der Waals surface area contributed by atoms with Crippen LogP contribution < -0.4 is 11.1 Å². The second kappa shape index (κ2) is 6.51. The quantitative estimate of drug-likeness (QED) is 0.321. The molecule has 0 aliphatic rings. The Balaban J connectivity index is 2.90.